The number of pyridine rings is 1. The van der Waals surface area contributed by atoms with Gasteiger partial charge in [0.1, 0.15) is 11.4 Å². The van der Waals surface area contributed by atoms with E-state index in [0.717, 1.165) is 12.3 Å². The predicted octanol–water partition coefficient (Wildman–Crippen LogP) is 2.31. The Morgan fingerprint density at radius 2 is 2.13 bits per heavy atom. The van der Waals surface area contributed by atoms with Crippen molar-refractivity contribution in [2.75, 3.05) is 7.05 Å². The number of hydrogen-bond acceptors (Lipinski definition) is 2. The molecule has 0 aliphatic heterocycles. The van der Waals surface area contributed by atoms with Crippen LogP contribution in [0.5, 0.6) is 0 Å². The molecule has 0 bridgehead atoms. The molecule has 1 N–H and O–H groups in total. The van der Waals surface area contributed by atoms with Gasteiger partial charge in [-0.2, -0.15) is 0 Å². The number of nitrogens with zero attached hydrogens (tertiary/aromatic N) is 1. The molecule has 0 aromatic carbocycles. The van der Waals surface area contributed by atoms with Gasteiger partial charge in [0.2, 0.25) is 0 Å². The second-order valence-corrected chi connectivity index (χ2v) is 3.24. The summed E-state index contributed by atoms with van der Waals surface area (Å²) in [6, 6.07) is 2.41. The van der Waals surface area contributed by atoms with Gasteiger partial charge in [-0.1, -0.05) is 6.92 Å². The van der Waals surface area contributed by atoms with Crippen molar-refractivity contribution in [3.63, 3.8) is 0 Å². The Bertz CT molecular complexity index is 307. The van der Waals surface area contributed by atoms with Crippen molar-refractivity contribution in [1.29, 1.82) is 0 Å². The third-order valence-corrected chi connectivity index (χ3v) is 2.56. The Morgan fingerprint density at radius 1 is 1.47 bits per heavy atom. The molecule has 1 unspecified atom stereocenters. The number of aromatic nitrogens is 1. The van der Waals surface area contributed by atoms with Gasteiger partial charge in [0, 0.05) is 0 Å². The molecule has 1 aromatic rings. The van der Waals surface area contributed by atoms with Crippen LogP contribution in [0.15, 0.2) is 18.3 Å². The minimum atomic E-state index is -2.59. The molecule has 1 rings (SSSR count). The largest absolute Gasteiger partial charge is 0.304 e. The highest BCUT2D eigenvalue weighted by atomic mass is 19.3. The van der Waals surface area contributed by atoms with Crippen molar-refractivity contribution in [2.45, 2.75) is 25.3 Å². The first kappa shape index (κ1) is 12.0. The lowest BCUT2D eigenvalue weighted by Gasteiger charge is -2.30. The molecule has 1 atom stereocenters. The molecule has 0 radical (unpaired) electrons. The zero-order chi connectivity index (χ0) is 11.5. The minimum absolute atomic E-state index is 0.156. The van der Waals surface area contributed by atoms with Crippen LogP contribution < -0.4 is 5.32 Å². The van der Waals surface area contributed by atoms with Crippen LogP contribution in [0.2, 0.25) is 0 Å². The SMILES string of the molecule is CCC(NC)(c1ccc(F)cn1)C(F)F. The highest BCUT2D eigenvalue weighted by Gasteiger charge is 2.39. The monoisotopic (exact) mass is 218 g/mol. The van der Waals surface area contributed by atoms with Crippen molar-refractivity contribution in [2.24, 2.45) is 0 Å². The Kier molecular flexibility index (Phi) is 3.68. The Morgan fingerprint density at radius 3 is 2.47 bits per heavy atom. The van der Waals surface area contributed by atoms with Crippen LogP contribution in [0.4, 0.5) is 13.2 Å². The highest BCUT2D eigenvalue weighted by Crippen LogP contribution is 2.29. The average Bonchev–Trinajstić information content (AvgIpc) is 2.22. The van der Waals surface area contributed by atoms with Gasteiger partial charge in [-0.25, -0.2) is 13.2 Å². The Balaban J connectivity index is 3.14. The molecule has 1 aromatic heterocycles. The quantitative estimate of drug-likeness (QED) is 0.838. The van der Waals surface area contributed by atoms with Gasteiger partial charge in [-0.05, 0) is 25.6 Å². The Labute approximate surface area is 86.5 Å². The van der Waals surface area contributed by atoms with E-state index in [2.05, 4.69) is 10.3 Å². The molecular formula is C10H13F3N2. The normalized spacial score (nSPS) is 15.3. The maximum atomic E-state index is 12.9. The van der Waals surface area contributed by atoms with Crippen molar-refractivity contribution in [3.8, 4) is 0 Å². The average molecular weight is 218 g/mol. The van der Waals surface area contributed by atoms with Crippen LogP contribution in [0.25, 0.3) is 0 Å². The summed E-state index contributed by atoms with van der Waals surface area (Å²) in [5.41, 5.74) is -1.34. The van der Waals surface area contributed by atoms with Crippen LogP contribution in [0.3, 0.4) is 0 Å². The fourth-order valence-corrected chi connectivity index (χ4v) is 1.50. The molecule has 15 heavy (non-hydrogen) atoms. The fraction of sp³-hybridized carbons (Fsp3) is 0.500. The van der Waals surface area contributed by atoms with Gasteiger partial charge >= 0.3 is 0 Å². The molecule has 0 saturated heterocycles. The molecule has 2 nitrogen and oxygen atoms in total. The van der Waals surface area contributed by atoms with Gasteiger partial charge < -0.3 is 5.32 Å². The second-order valence-electron chi connectivity index (χ2n) is 3.24. The molecule has 1 heterocycles. The number of halogens is 3. The summed E-state index contributed by atoms with van der Waals surface area (Å²) < 4.78 is 38.5. The van der Waals surface area contributed by atoms with E-state index in [1.54, 1.807) is 6.92 Å². The summed E-state index contributed by atoms with van der Waals surface area (Å²) in [6.07, 6.45) is -1.47. The van der Waals surface area contributed by atoms with E-state index in [1.807, 2.05) is 0 Å². The first-order chi connectivity index (χ1) is 7.06. The molecule has 0 saturated carbocycles. The second kappa shape index (κ2) is 4.61. The van der Waals surface area contributed by atoms with Crippen LogP contribution in [0.1, 0.15) is 19.0 Å². The van der Waals surface area contributed by atoms with E-state index in [-0.39, 0.29) is 12.1 Å². The summed E-state index contributed by atoms with van der Waals surface area (Å²) in [5.74, 6) is -0.533. The van der Waals surface area contributed by atoms with Crippen molar-refractivity contribution in [1.82, 2.24) is 10.3 Å². The van der Waals surface area contributed by atoms with E-state index >= 15 is 0 Å². The number of hydrogen-bond donors (Lipinski definition) is 1. The number of nitrogens with one attached hydrogen (secondary N) is 1. The summed E-state index contributed by atoms with van der Waals surface area (Å²) in [4.78, 5) is 3.70. The van der Waals surface area contributed by atoms with Crippen LogP contribution in [0, 0.1) is 5.82 Å². The summed E-state index contributed by atoms with van der Waals surface area (Å²) in [5, 5.41) is 2.57. The zero-order valence-corrected chi connectivity index (χ0v) is 8.60. The summed E-state index contributed by atoms with van der Waals surface area (Å²) in [7, 11) is 1.45. The lowest BCUT2D eigenvalue weighted by Crippen LogP contribution is -2.46. The summed E-state index contributed by atoms with van der Waals surface area (Å²) >= 11 is 0. The third kappa shape index (κ3) is 2.12. The molecule has 0 aliphatic rings. The van der Waals surface area contributed by atoms with E-state index in [1.165, 1.54) is 13.1 Å². The van der Waals surface area contributed by atoms with Gasteiger partial charge in [0.05, 0.1) is 11.9 Å². The van der Waals surface area contributed by atoms with Crippen molar-refractivity contribution >= 4 is 0 Å². The predicted molar refractivity (Wildman–Crippen MR) is 51.2 cm³/mol. The maximum absolute atomic E-state index is 12.9. The standard InChI is InChI=1S/C10H13F3N2/c1-3-10(14-2,9(12)13)8-5-4-7(11)6-15-8/h4-6,9,14H,3H2,1-2H3. The fourth-order valence-electron chi connectivity index (χ4n) is 1.50. The van der Waals surface area contributed by atoms with Gasteiger partial charge in [-0.15, -0.1) is 0 Å². The van der Waals surface area contributed by atoms with Crippen molar-refractivity contribution < 1.29 is 13.2 Å². The zero-order valence-electron chi connectivity index (χ0n) is 8.60. The highest BCUT2D eigenvalue weighted by molar-refractivity contribution is 5.17. The van der Waals surface area contributed by atoms with Crippen LogP contribution in [-0.2, 0) is 5.54 Å². The minimum Gasteiger partial charge on any atom is -0.304 e. The van der Waals surface area contributed by atoms with E-state index in [9.17, 15) is 13.2 Å². The molecule has 0 aliphatic carbocycles. The lowest BCUT2D eigenvalue weighted by atomic mass is 9.92. The summed E-state index contributed by atoms with van der Waals surface area (Å²) in [6.45, 7) is 1.63. The molecule has 0 amide bonds. The first-order valence-corrected chi connectivity index (χ1v) is 4.66. The molecule has 5 heteroatoms. The van der Waals surface area contributed by atoms with Crippen LogP contribution in [-0.4, -0.2) is 18.5 Å². The van der Waals surface area contributed by atoms with E-state index in [4.69, 9.17) is 0 Å². The lowest BCUT2D eigenvalue weighted by molar-refractivity contribution is 0.0265. The smallest absolute Gasteiger partial charge is 0.262 e. The molecule has 0 fully saturated rings. The molecular weight excluding hydrogens is 205 g/mol. The topological polar surface area (TPSA) is 24.9 Å². The van der Waals surface area contributed by atoms with Gasteiger partial charge in [0.15, 0.2) is 0 Å². The van der Waals surface area contributed by atoms with Crippen molar-refractivity contribution in [3.05, 3.63) is 29.8 Å². The van der Waals surface area contributed by atoms with Gasteiger partial charge in [-0.3, -0.25) is 4.98 Å². The van der Waals surface area contributed by atoms with Gasteiger partial charge in [0.25, 0.3) is 6.43 Å². The van der Waals surface area contributed by atoms with E-state index in [0.29, 0.717) is 0 Å². The first-order valence-electron chi connectivity index (χ1n) is 4.66. The number of alkyl halides is 2. The Hall–Kier alpha value is -1.10. The van der Waals surface area contributed by atoms with Crippen LogP contribution >= 0.6 is 0 Å². The molecule has 84 valence electrons. The maximum Gasteiger partial charge on any atom is 0.262 e. The molecule has 0 spiro atoms. The van der Waals surface area contributed by atoms with E-state index < -0.39 is 17.8 Å². The number of rotatable bonds is 4. The third-order valence-electron chi connectivity index (χ3n) is 2.56.